The summed E-state index contributed by atoms with van der Waals surface area (Å²) in [5.41, 5.74) is 9.13. The number of nitrogens with one attached hydrogen (secondary N) is 4. The van der Waals surface area contributed by atoms with E-state index in [1.54, 1.807) is 6.07 Å². The van der Waals surface area contributed by atoms with Crippen molar-refractivity contribution in [1.29, 1.82) is 5.41 Å². The summed E-state index contributed by atoms with van der Waals surface area (Å²) in [6, 6.07) is 12.7. The maximum Gasteiger partial charge on any atom is 1.00 e. The third kappa shape index (κ3) is 4.82. The molecule has 13 heteroatoms. The van der Waals surface area contributed by atoms with E-state index in [1.165, 1.54) is 61.7 Å². The molecule has 0 unspecified atom stereocenters. The van der Waals surface area contributed by atoms with Gasteiger partial charge in [0.15, 0.2) is 0 Å². The van der Waals surface area contributed by atoms with E-state index in [-0.39, 0.29) is 85.4 Å². The number of allylic oxidation sites excluding steroid dienone is 1. The first-order valence-corrected chi connectivity index (χ1v) is 13.7. The Labute approximate surface area is 253 Å². The number of halogens is 2. The summed E-state index contributed by atoms with van der Waals surface area (Å²) in [5.74, 6) is -1.00. The topological polar surface area (TPSA) is 147 Å². The van der Waals surface area contributed by atoms with E-state index in [0.717, 1.165) is 10.6 Å². The molecule has 6 rings (SSSR count). The van der Waals surface area contributed by atoms with E-state index in [0.29, 0.717) is 16.3 Å². The maximum absolute atomic E-state index is 14.2. The normalized spacial score (nSPS) is 12.3. The third-order valence-electron chi connectivity index (χ3n) is 6.82. The molecule has 202 valence electrons. The van der Waals surface area contributed by atoms with E-state index in [2.05, 4.69) is 9.97 Å². The molecule has 0 spiro atoms. The number of fused-ring (bicyclic) bond motifs is 6. The van der Waals surface area contributed by atoms with Crippen LogP contribution in [0.3, 0.4) is 0 Å². The second kappa shape index (κ2) is 10.1. The second-order valence-corrected chi connectivity index (χ2v) is 11.4. The van der Waals surface area contributed by atoms with Gasteiger partial charge in [-0.2, -0.15) is 0 Å². The minimum atomic E-state index is -3.79. The molecule has 0 saturated heterocycles. The molecule has 0 fully saturated rings. The van der Waals surface area contributed by atoms with Gasteiger partial charge in [0, 0.05) is 46.0 Å². The standard InChI is InChI=1S/C28H21F2N5O4S.Na/c1-35(40(2,37)38)24-12-25-17(26-27(39-25)14-7-6-13(29)8-22(14)34-28(26)36)9-16(24)19(31)11-20(32)23-10-15-18(30)4-3-5-21(15)33-23;/h3-12H,1-2H3,(H5,31,32,33,34,36);/q;+1/p-1. The number of furan rings is 1. The molecule has 3 aromatic heterocycles. The van der Waals surface area contributed by atoms with Gasteiger partial charge in [0.1, 0.15) is 22.8 Å². The van der Waals surface area contributed by atoms with Gasteiger partial charge < -0.3 is 25.5 Å². The van der Waals surface area contributed by atoms with E-state index in [1.807, 2.05) is 0 Å². The van der Waals surface area contributed by atoms with Crippen LogP contribution in [0.15, 0.2) is 69.9 Å². The Balaban J connectivity index is 0.00000337. The van der Waals surface area contributed by atoms with Crippen LogP contribution in [0.2, 0.25) is 0 Å². The quantitative estimate of drug-likeness (QED) is 0.211. The minimum absolute atomic E-state index is 0. The molecule has 0 atom stereocenters. The fourth-order valence-corrected chi connectivity index (χ4v) is 5.28. The van der Waals surface area contributed by atoms with E-state index in [9.17, 15) is 22.0 Å². The zero-order chi connectivity index (χ0) is 28.5. The van der Waals surface area contributed by atoms with Crippen molar-refractivity contribution < 1.29 is 51.2 Å². The van der Waals surface area contributed by atoms with Crippen molar-refractivity contribution in [3.8, 4) is 0 Å². The molecule has 9 nitrogen and oxygen atoms in total. The molecule has 0 amide bonds. The predicted molar refractivity (Wildman–Crippen MR) is 152 cm³/mol. The molecule has 4 N–H and O–H groups in total. The van der Waals surface area contributed by atoms with Crippen molar-refractivity contribution >= 4 is 70.9 Å². The van der Waals surface area contributed by atoms with Gasteiger partial charge in [-0.05, 0) is 48.5 Å². The zero-order valence-electron chi connectivity index (χ0n) is 22.0. The third-order valence-corrected chi connectivity index (χ3v) is 8.02. The molecule has 3 heterocycles. The number of sulfonamides is 1. The van der Waals surface area contributed by atoms with E-state index >= 15 is 0 Å². The van der Waals surface area contributed by atoms with Crippen LogP contribution in [0.5, 0.6) is 0 Å². The number of hydrogen-bond donors (Lipinski definition) is 3. The van der Waals surface area contributed by atoms with Crippen LogP contribution in [0, 0.1) is 17.0 Å². The van der Waals surface area contributed by atoms with Crippen molar-refractivity contribution in [1.82, 2.24) is 9.97 Å². The van der Waals surface area contributed by atoms with Gasteiger partial charge in [-0.1, -0.05) is 6.07 Å². The van der Waals surface area contributed by atoms with Gasteiger partial charge in [-0.15, -0.1) is 5.70 Å². The number of hydrogen-bond acceptors (Lipinski definition) is 5. The Bertz CT molecular complexity index is 2250. The molecule has 0 aliphatic heterocycles. The molecule has 6 aromatic rings. The van der Waals surface area contributed by atoms with Crippen LogP contribution >= 0.6 is 0 Å². The molecule has 41 heavy (non-hydrogen) atoms. The Kier molecular flexibility index (Phi) is 7.06. The molecule has 0 saturated carbocycles. The van der Waals surface area contributed by atoms with E-state index < -0.39 is 27.2 Å². The van der Waals surface area contributed by atoms with Gasteiger partial charge in [0.25, 0.3) is 5.56 Å². The van der Waals surface area contributed by atoms with Crippen molar-refractivity contribution in [3.05, 3.63) is 99.7 Å². The van der Waals surface area contributed by atoms with Crippen LogP contribution < -0.4 is 39.4 Å². The summed E-state index contributed by atoms with van der Waals surface area (Å²) in [7, 11) is -2.48. The Morgan fingerprint density at radius 3 is 2.49 bits per heavy atom. The number of anilines is 1. The first-order chi connectivity index (χ1) is 18.9. The van der Waals surface area contributed by atoms with Crippen LogP contribution in [0.4, 0.5) is 14.5 Å². The first-order valence-electron chi connectivity index (χ1n) is 11.9. The smallest absolute Gasteiger partial charge is 0.697 e. The average Bonchev–Trinajstić information content (AvgIpc) is 3.49. The zero-order valence-corrected chi connectivity index (χ0v) is 24.8. The maximum atomic E-state index is 14.2. The molecular formula is C28H20F2N5NaO4S. The van der Waals surface area contributed by atoms with Crippen LogP contribution in [-0.4, -0.2) is 37.4 Å². The van der Waals surface area contributed by atoms with Crippen LogP contribution in [0.25, 0.3) is 55.2 Å². The summed E-state index contributed by atoms with van der Waals surface area (Å²) in [4.78, 5) is 18.6. The number of pyridine rings is 1. The van der Waals surface area contributed by atoms with E-state index in [4.69, 9.17) is 15.6 Å². The van der Waals surface area contributed by atoms with Crippen molar-refractivity contribution in [2.45, 2.75) is 0 Å². The van der Waals surface area contributed by atoms with Gasteiger partial charge in [0.05, 0.1) is 28.6 Å². The van der Waals surface area contributed by atoms with Crippen molar-refractivity contribution in [3.63, 3.8) is 0 Å². The number of aromatic amines is 2. The Hall–Kier alpha value is -3.97. The number of benzene rings is 3. The number of H-pyrrole nitrogens is 2. The molecule has 0 aliphatic carbocycles. The average molecular weight is 584 g/mol. The molecule has 3 aromatic carbocycles. The number of rotatable bonds is 5. The Morgan fingerprint density at radius 1 is 1.02 bits per heavy atom. The summed E-state index contributed by atoms with van der Waals surface area (Å²) in [6.45, 7) is 0. The van der Waals surface area contributed by atoms with Crippen molar-refractivity contribution in [2.24, 2.45) is 0 Å². The summed E-state index contributed by atoms with van der Waals surface area (Å²) in [6.07, 6.45) is 2.20. The number of aromatic nitrogens is 2. The van der Waals surface area contributed by atoms with Crippen LogP contribution in [-0.2, 0) is 10.0 Å². The first kappa shape index (κ1) is 28.6. The largest absolute Gasteiger partial charge is 1.00 e. The molecule has 0 radical (unpaired) electrons. The van der Waals surface area contributed by atoms with Crippen molar-refractivity contribution in [2.75, 3.05) is 17.6 Å². The fourth-order valence-electron chi connectivity index (χ4n) is 4.77. The minimum Gasteiger partial charge on any atom is -0.697 e. The summed E-state index contributed by atoms with van der Waals surface area (Å²) < 4.78 is 59.9. The summed E-state index contributed by atoms with van der Waals surface area (Å²) in [5, 5.41) is 10.00. The second-order valence-electron chi connectivity index (χ2n) is 9.40. The van der Waals surface area contributed by atoms with Gasteiger partial charge in [-0.3, -0.25) is 9.10 Å². The number of nitrogens with zero attached hydrogens (tertiary/aromatic N) is 1. The van der Waals surface area contributed by atoms with Gasteiger partial charge in [0.2, 0.25) is 10.0 Å². The molecule has 0 aliphatic rings. The van der Waals surface area contributed by atoms with Crippen LogP contribution in [0.1, 0.15) is 11.3 Å². The predicted octanol–water partition coefficient (Wildman–Crippen LogP) is 3.05. The fraction of sp³-hybridized carbons (Fsp3) is 0.0714. The Morgan fingerprint density at radius 2 is 1.78 bits per heavy atom. The molecule has 0 bridgehead atoms. The van der Waals surface area contributed by atoms with Gasteiger partial charge in [-0.25, -0.2) is 17.2 Å². The SMILES string of the molecule is CN(c1cc2oc3c4ccc(F)cc4[nH]c(=O)c3c2cc1C(=N)/C=C(\[NH-])c1cc2c(F)cccc2[nH]1)S(C)(=O)=O.[Na+]. The van der Waals surface area contributed by atoms with Gasteiger partial charge >= 0.3 is 29.6 Å². The monoisotopic (exact) mass is 583 g/mol. The molecular weight excluding hydrogens is 563 g/mol. The summed E-state index contributed by atoms with van der Waals surface area (Å²) >= 11 is 0.